The van der Waals surface area contributed by atoms with Gasteiger partial charge in [-0.05, 0) is 31.4 Å². The van der Waals surface area contributed by atoms with Crippen LogP contribution in [0, 0.1) is 11.3 Å². The number of hydrogen-bond acceptors (Lipinski definition) is 3. The second kappa shape index (κ2) is 4.61. The molecule has 0 aliphatic heterocycles. The van der Waals surface area contributed by atoms with Crippen molar-refractivity contribution in [1.82, 2.24) is 4.98 Å². The Balaban J connectivity index is 2.10. The molecule has 0 aromatic carbocycles. The normalized spacial score (nSPS) is 19.5. The number of hydrogen-bond donors (Lipinski definition) is 1. The van der Waals surface area contributed by atoms with Gasteiger partial charge < -0.3 is 5.32 Å². The third kappa shape index (κ3) is 2.35. The number of anilines is 1. The van der Waals surface area contributed by atoms with Gasteiger partial charge in [-0.25, -0.2) is 4.98 Å². The molecule has 1 aromatic rings. The molecule has 0 amide bonds. The Morgan fingerprint density at radius 3 is 3.13 bits per heavy atom. The van der Waals surface area contributed by atoms with E-state index in [0.717, 1.165) is 19.3 Å². The summed E-state index contributed by atoms with van der Waals surface area (Å²) in [6.45, 7) is 0. The summed E-state index contributed by atoms with van der Waals surface area (Å²) in [4.78, 5) is 4.19. The lowest BCUT2D eigenvalue weighted by Gasteiger charge is -2.20. The molecule has 0 saturated heterocycles. The Bertz CT molecular complexity index is 404. The lowest BCUT2D eigenvalue weighted by molar-refractivity contribution is 0.642. The second-order valence-electron chi connectivity index (χ2n) is 3.64. The zero-order valence-corrected chi connectivity index (χ0v) is 8.48. The maximum atomic E-state index is 8.90. The van der Waals surface area contributed by atoms with Crippen LogP contribution in [0.15, 0.2) is 30.5 Å². The highest BCUT2D eigenvalue weighted by molar-refractivity contribution is 5.51. The summed E-state index contributed by atoms with van der Waals surface area (Å²) in [5.74, 6) is 0.709. The smallest absolute Gasteiger partial charge is 0.144 e. The number of nitrogens with one attached hydrogen (secondary N) is 1. The molecule has 1 aromatic heterocycles. The summed E-state index contributed by atoms with van der Waals surface area (Å²) in [5.41, 5.74) is 0.618. The van der Waals surface area contributed by atoms with Gasteiger partial charge in [0.25, 0.3) is 0 Å². The molecule has 2 rings (SSSR count). The van der Waals surface area contributed by atoms with Crippen LogP contribution in [0.4, 0.5) is 5.82 Å². The highest BCUT2D eigenvalue weighted by atomic mass is 15.0. The van der Waals surface area contributed by atoms with E-state index in [2.05, 4.69) is 28.5 Å². The highest BCUT2D eigenvalue weighted by Gasteiger charge is 2.11. The van der Waals surface area contributed by atoms with E-state index in [1.54, 1.807) is 18.3 Å². The Morgan fingerprint density at radius 1 is 1.47 bits per heavy atom. The number of nitriles is 1. The molecule has 0 saturated carbocycles. The van der Waals surface area contributed by atoms with Crippen LogP contribution in [0.3, 0.4) is 0 Å². The molecule has 3 heteroatoms. The van der Waals surface area contributed by atoms with Crippen LogP contribution >= 0.6 is 0 Å². The van der Waals surface area contributed by atoms with Crippen molar-refractivity contribution in [2.24, 2.45) is 0 Å². The first-order valence-corrected chi connectivity index (χ1v) is 5.17. The van der Waals surface area contributed by atoms with Gasteiger partial charge >= 0.3 is 0 Å². The van der Waals surface area contributed by atoms with Gasteiger partial charge in [0.2, 0.25) is 0 Å². The predicted molar refractivity (Wildman–Crippen MR) is 59.4 cm³/mol. The van der Waals surface area contributed by atoms with Crippen LogP contribution in [0.25, 0.3) is 0 Å². The first-order valence-electron chi connectivity index (χ1n) is 5.17. The fraction of sp³-hybridized carbons (Fsp3) is 0.333. The molecule has 1 atom stereocenters. The molecule has 15 heavy (non-hydrogen) atoms. The summed E-state index contributed by atoms with van der Waals surface area (Å²) in [6.07, 6.45) is 9.31. The first-order chi connectivity index (χ1) is 7.40. The van der Waals surface area contributed by atoms with Crippen LogP contribution in [-0.2, 0) is 0 Å². The lowest BCUT2D eigenvalue weighted by Crippen LogP contribution is -2.21. The van der Waals surface area contributed by atoms with Crippen LogP contribution in [-0.4, -0.2) is 11.0 Å². The summed E-state index contributed by atoms with van der Waals surface area (Å²) >= 11 is 0. The molecule has 1 unspecified atom stereocenters. The lowest BCUT2D eigenvalue weighted by atomic mass is 10.0. The van der Waals surface area contributed by atoms with Gasteiger partial charge in [-0.2, -0.15) is 5.26 Å². The van der Waals surface area contributed by atoms with Crippen molar-refractivity contribution in [1.29, 1.82) is 5.26 Å². The van der Waals surface area contributed by atoms with Gasteiger partial charge in [0.15, 0.2) is 0 Å². The van der Waals surface area contributed by atoms with Crippen LogP contribution < -0.4 is 5.32 Å². The summed E-state index contributed by atoms with van der Waals surface area (Å²) < 4.78 is 0. The third-order valence-electron chi connectivity index (χ3n) is 2.54. The van der Waals surface area contributed by atoms with E-state index in [0.29, 0.717) is 17.4 Å². The van der Waals surface area contributed by atoms with Crippen molar-refractivity contribution in [2.45, 2.75) is 25.3 Å². The molecule has 1 heterocycles. The Hall–Kier alpha value is -1.82. The van der Waals surface area contributed by atoms with Crippen LogP contribution in [0.2, 0.25) is 0 Å². The number of aromatic nitrogens is 1. The molecular formula is C12H13N3. The van der Waals surface area contributed by atoms with Gasteiger partial charge in [0, 0.05) is 12.2 Å². The fourth-order valence-corrected chi connectivity index (χ4v) is 1.73. The largest absolute Gasteiger partial charge is 0.366 e. The molecule has 0 bridgehead atoms. The number of rotatable bonds is 2. The molecule has 0 fully saturated rings. The molecule has 1 aliphatic carbocycles. The average molecular weight is 199 g/mol. The Morgan fingerprint density at radius 2 is 2.40 bits per heavy atom. The summed E-state index contributed by atoms with van der Waals surface area (Å²) in [6, 6.07) is 6.12. The van der Waals surface area contributed by atoms with E-state index in [9.17, 15) is 0 Å². The number of pyridine rings is 1. The van der Waals surface area contributed by atoms with Crippen molar-refractivity contribution in [3.8, 4) is 6.07 Å². The van der Waals surface area contributed by atoms with Gasteiger partial charge in [-0.15, -0.1) is 0 Å². The second-order valence-corrected chi connectivity index (χ2v) is 3.64. The summed E-state index contributed by atoms with van der Waals surface area (Å²) in [5, 5.41) is 12.2. The van der Waals surface area contributed by atoms with Gasteiger partial charge in [-0.1, -0.05) is 12.2 Å². The Labute approximate surface area is 89.5 Å². The van der Waals surface area contributed by atoms with E-state index >= 15 is 0 Å². The topological polar surface area (TPSA) is 48.7 Å². The molecular weight excluding hydrogens is 186 g/mol. The Kier molecular flexibility index (Phi) is 2.99. The SMILES string of the molecule is N#Cc1cccnc1NC1CC=CCC1. The number of nitrogens with zero attached hydrogens (tertiary/aromatic N) is 2. The van der Waals surface area contributed by atoms with Crippen molar-refractivity contribution in [3.63, 3.8) is 0 Å². The maximum Gasteiger partial charge on any atom is 0.144 e. The van der Waals surface area contributed by atoms with E-state index in [1.807, 2.05) is 0 Å². The van der Waals surface area contributed by atoms with Gasteiger partial charge in [0.05, 0.1) is 5.56 Å². The van der Waals surface area contributed by atoms with Crippen molar-refractivity contribution >= 4 is 5.82 Å². The molecule has 1 aliphatic rings. The quantitative estimate of drug-likeness (QED) is 0.744. The summed E-state index contributed by atoms with van der Waals surface area (Å²) in [7, 11) is 0. The zero-order chi connectivity index (χ0) is 10.5. The molecule has 3 nitrogen and oxygen atoms in total. The monoisotopic (exact) mass is 199 g/mol. The molecule has 76 valence electrons. The van der Waals surface area contributed by atoms with Crippen molar-refractivity contribution < 1.29 is 0 Å². The van der Waals surface area contributed by atoms with E-state index in [-0.39, 0.29) is 0 Å². The molecule has 1 N–H and O–H groups in total. The number of allylic oxidation sites excluding steroid dienone is 1. The van der Waals surface area contributed by atoms with E-state index in [1.165, 1.54) is 0 Å². The van der Waals surface area contributed by atoms with Crippen LogP contribution in [0.5, 0.6) is 0 Å². The average Bonchev–Trinajstić information content (AvgIpc) is 2.31. The zero-order valence-electron chi connectivity index (χ0n) is 8.48. The standard InChI is InChI=1S/C12H13N3/c13-9-10-5-4-8-14-12(10)15-11-6-2-1-3-7-11/h1-2,4-5,8,11H,3,6-7H2,(H,14,15). The molecule has 0 radical (unpaired) electrons. The maximum absolute atomic E-state index is 8.90. The van der Waals surface area contributed by atoms with E-state index < -0.39 is 0 Å². The van der Waals surface area contributed by atoms with Crippen molar-refractivity contribution in [2.75, 3.05) is 5.32 Å². The first kappa shape index (κ1) is 9.72. The minimum atomic E-state index is 0.414. The third-order valence-corrected chi connectivity index (χ3v) is 2.54. The fourth-order valence-electron chi connectivity index (χ4n) is 1.73. The molecule has 0 spiro atoms. The predicted octanol–water partition coefficient (Wildman–Crippen LogP) is 2.47. The highest BCUT2D eigenvalue weighted by Crippen LogP contribution is 2.17. The minimum absolute atomic E-state index is 0.414. The van der Waals surface area contributed by atoms with Crippen LogP contribution in [0.1, 0.15) is 24.8 Å². The van der Waals surface area contributed by atoms with Gasteiger partial charge in [0.1, 0.15) is 11.9 Å². The van der Waals surface area contributed by atoms with Crippen molar-refractivity contribution in [3.05, 3.63) is 36.0 Å². The van der Waals surface area contributed by atoms with Gasteiger partial charge in [-0.3, -0.25) is 0 Å². The van der Waals surface area contributed by atoms with E-state index in [4.69, 9.17) is 5.26 Å². The minimum Gasteiger partial charge on any atom is -0.366 e.